The molecule has 0 aromatic heterocycles. The van der Waals surface area contributed by atoms with Gasteiger partial charge in [-0.05, 0) is 67.6 Å². The summed E-state index contributed by atoms with van der Waals surface area (Å²) in [5.74, 6) is 1.51. The van der Waals surface area contributed by atoms with Crippen molar-refractivity contribution in [3.05, 3.63) is 29.3 Å². The van der Waals surface area contributed by atoms with Crippen LogP contribution in [0.25, 0.3) is 0 Å². The first-order chi connectivity index (χ1) is 9.56. The van der Waals surface area contributed by atoms with Gasteiger partial charge in [0.2, 0.25) is 0 Å². The van der Waals surface area contributed by atoms with E-state index in [0.29, 0.717) is 6.04 Å². The number of nitrogens with one attached hydrogen (secondary N) is 1. The SMILES string of the molecule is CC(C)CC(CC(C)C)Nc1cccc2c1CCCC2. The Morgan fingerprint density at radius 3 is 2.25 bits per heavy atom. The molecule has 20 heavy (non-hydrogen) atoms. The van der Waals surface area contributed by atoms with Gasteiger partial charge in [-0.25, -0.2) is 0 Å². The summed E-state index contributed by atoms with van der Waals surface area (Å²) >= 11 is 0. The van der Waals surface area contributed by atoms with Crippen LogP contribution in [0.3, 0.4) is 0 Å². The van der Waals surface area contributed by atoms with E-state index in [2.05, 4.69) is 51.2 Å². The molecule has 1 heteroatoms. The summed E-state index contributed by atoms with van der Waals surface area (Å²) in [6.07, 6.45) is 7.77. The number of anilines is 1. The largest absolute Gasteiger partial charge is 0.382 e. The third kappa shape index (κ3) is 4.26. The molecular formula is C19H31N. The molecule has 0 spiro atoms. The van der Waals surface area contributed by atoms with Crippen LogP contribution < -0.4 is 5.32 Å². The smallest absolute Gasteiger partial charge is 0.0377 e. The van der Waals surface area contributed by atoms with E-state index in [1.54, 1.807) is 11.1 Å². The zero-order chi connectivity index (χ0) is 14.5. The first kappa shape index (κ1) is 15.4. The summed E-state index contributed by atoms with van der Waals surface area (Å²) in [7, 11) is 0. The Morgan fingerprint density at radius 1 is 0.950 bits per heavy atom. The van der Waals surface area contributed by atoms with Crippen LogP contribution in [0.1, 0.15) is 64.5 Å². The maximum absolute atomic E-state index is 3.87. The topological polar surface area (TPSA) is 12.0 Å². The van der Waals surface area contributed by atoms with E-state index in [9.17, 15) is 0 Å². The van der Waals surface area contributed by atoms with Gasteiger partial charge >= 0.3 is 0 Å². The Balaban J connectivity index is 2.13. The van der Waals surface area contributed by atoms with Crippen molar-refractivity contribution in [2.75, 3.05) is 5.32 Å². The summed E-state index contributed by atoms with van der Waals surface area (Å²) in [5, 5.41) is 3.87. The molecule has 0 unspecified atom stereocenters. The highest BCUT2D eigenvalue weighted by Gasteiger charge is 2.17. The zero-order valence-electron chi connectivity index (χ0n) is 13.7. The summed E-state index contributed by atoms with van der Waals surface area (Å²) in [6, 6.07) is 7.45. The van der Waals surface area contributed by atoms with Gasteiger partial charge in [-0.2, -0.15) is 0 Å². The molecule has 112 valence electrons. The second kappa shape index (κ2) is 7.15. The molecule has 0 amide bonds. The lowest BCUT2D eigenvalue weighted by atomic mass is 9.89. The van der Waals surface area contributed by atoms with Gasteiger partial charge in [0.1, 0.15) is 0 Å². The van der Waals surface area contributed by atoms with Gasteiger partial charge in [-0.3, -0.25) is 0 Å². The van der Waals surface area contributed by atoms with Crippen molar-refractivity contribution in [2.24, 2.45) is 11.8 Å². The second-order valence-corrected chi connectivity index (χ2v) is 7.25. The van der Waals surface area contributed by atoms with E-state index in [0.717, 1.165) is 11.8 Å². The lowest BCUT2D eigenvalue weighted by Gasteiger charge is -2.27. The van der Waals surface area contributed by atoms with Crippen molar-refractivity contribution in [3.8, 4) is 0 Å². The highest BCUT2D eigenvalue weighted by molar-refractivity contribution is 5.56. The van der Waals surface area contributed by atoms with Crippen LogP contribution in [-0.2, 0) is 12.8 Å². The zero-order valence-corrected chi connectivity index (χ0v) is 13.7. The van der Waals surface area contributed by atoms with Crippen molar-refractivity contribution in [1.29, 1.82) is 0 Å². The normalized spacial score (nSPS) is 14.9. The van der Waals surface area contributed by atoms with Gasteiger partial charge < -0.3 is 5.32 Å². The molecule has 0 saturated carbocycles. The fraction of sp³-hybridized carbons (Fsp3) is 0.684. The van der Waals surface area contributed by atoms with Crippen LogP contribution in [0.5, 0.6) is 0 Å². The Labute approximate surface area is 125 Å². The number of benzene rings is 1. The molecule has 0 atom stereocenters. The molecule has 2 rings (SSSR count). The van der Waals surface area contributed by atoms with Gasteiger partial charge in [0.25, 0.3) is 0 Å². The maximum atomic E-state index is 3.87. The monoisotopic (exact) mass is 273 g/mol. The third-order valence-electron chi connectivity index (χ3n) is 4.27. The molecular weight excluding hydrogens is 242 g/mol. The van der Waals surface area contributed by atoms with Crippen LogP contribution >= 0.6 is 0 Å². The van der Waals surface area contributed by atoms with E-state index in [1.807, 2.05) is 0 Å². The predicted octanol–water partition coefficient (Wildman–Crippen LogP) is 5.44. The van der Waals surface area contributed by atoms with E-state index in [4.69, 9.17) is 0 Å². The molecule has 1 aliphatic carbocycles. The minimum Gasteiger partial charge on any atom is -0.382 e. The van der Waals surface area contributed by atoms with Gasteiger partial charge in [-0.1, -0.05) is 39.8 Å². The molecule has 0 bridgehead atoms. The van der Waals surface area contributed by atoms with Gasteiger partial charge in [0.05, 0.1) is 0 Å². The highest BCUT2D eigenvalue weighted by Crippen LogP contribution is 2.29. The molecule has 1 aromatic rings. The molecule has 1 aromatic carbocycles. The summed E-state index contributed by atoms with van der Waals surface area (Å²) in [4.78, 5) is 0. The van der Waals surface area contributed by atoms with Crippen molar-refractivity contribution in [3.63, 3.8) is 0 Å². The first-order valence-electron chi connectivity index (χ1n) is 8.43. The Morgan fingerprint density at radius 2 is 1.60 bits per heavy atom. The molecule has 1 nitrogen and oxygen atoms in total. The maximum Gasteiger partial charge on any atom is 0.0377 e. The molecule has 1 N–H and O–H groups in total. The number of aryl methyl sites for hydroxylation is 1. The van der Waals surface area contributed by atoms with Gasteiger partial charge in [0.15, 0.2) is 0 Å². The van der Waals surface area contributed by atoms with Crippen LogP contribution in [0.15, 0.2) is 18.2 Å². The summed E-state index contributed by atoms with van der Waals surface area (Å²) < 4.78 is 0. The third-order valence-corrected chi connectivity index (χ3v) is 4.27. The molecule has 0 saturated heterocycles. The van der Waals surface area contributed by atoms with Crippen molar-refractivity contribution in [1.82, 2.24) is 0 Å². The number of hydrogen-bond acceptors (Lipinski definition) is 1. The number of fused-ring (bicyclic) bond motifs is 1. The highest BCUT2D eigenvalue weighted by atomic mass is 14.9. The molecule has 1 aliphatic rings. The van der Waals surface area contributed by atoms with Crippen molar-refractivity contribution >= 4 is 5.69 Å². The van der Waals surface area contributed by atoms with Crippen LogP contribution in [0.4, 0.5) is 5.69 Å². The fourth-order valence-electron chi connectivity index (χ4n) is 3.49. The lowest BCUT2D eigenvalue weighted by Crippen LogP contribution is -2.24. The fourth-order valence-corrected chi connectivity index (χ4v) is 3.49. The molecule has 0 radical (unpaired) electrons. The Kier molecular flexibility index (Phi) is 5.51. The Hall–Kier alpha value is -0.980. The van der Waals surface area contributed by atoms with Crippen molar-refractivity contribution < 1.29 is 0 Å². The Bertz CT molecular complexity index is 410. The van der Waals surface area contributed by atoms with Gasteiger partial charge in [0, 0.05) is 11.7 Å². The minimum absolute atomic E-state index is 0.614. The molecule has 0 heterocycles. The van der Waals surface area contributed by atoms with E-state index in [-0.39, 0.29) is 0 Å². The first-order valence-corrected chi connectivity index (χ1v) is 8.43. The molecule has 0 fully saturated rings. The molecule has 0 aliphatic heterocycles. The van der Waals surface area contributed by atoms with Crippen LogP contribution in [-0.4, -0.2) is 6.04 Å². The minimum atomic E-state index is 0.614. The van der Waals surface area contributed by atoms with Gasteiger partial charge in [-0.15, -0.1) is 0 Å². The van der Waals surface area contributed by atoms with E-state index >= 15 is 0 Å². The average molecular weight is 273 g/mol. The van der Waals surface area contributed by atoms with Crippen molar-refractivity contribution in [2.45, 2.75) is 72.3 Å². The predicted molar refractivity (Wildman–Crippen MR) is 89.4 cm³/mol. The lowest BCUT2D eigenvalue weighted by molar-refractivity contribution is 0.441. The van der Waals surface area contributed by atoms with Crippen LogP contribution in [0.2, 0.25) is 0 Å². The van der Waals surface area contributed by atoms with E-state index in [1.165, 1.54) is 44.2 Å². The van der Waals surface area contributed by atoms with E-state index < -0.39 is 0 Å². The number of hydrogen-bond donors (Lipinski definition) is 1. The number of rotatable bonds is 6. The summed E-state index contributed by atoms with van der Waals surface area (Å²) in [6.45, 7) is 9.32. The average Bonchev–Trinajstić information content (AvgIpc) is 2.37. The van der Waals surface area contributed by atoms with Crippen LogP contribution in [0, 0.1) is 11.8 Å². The quantitative estimate of drug-likeness (QED) is 0.728. The standard InChI is InChI=1S/C19H31N/c1-14(2)12-17(13-15(3)4)20-19-11-7-9-16-8-5-6-10-18(16)19/h7,9,11,14-15,17,20H,5-6,8,10,12-13H2,1-4H3. The second-order valence-electron chi connectivity index (χ2n) is 7.25. The summed E-state index contributed by atoms with van der Waals surface area (Å²) in [5.41, 5.74) is 4.58.